The Morgan fingerprint density at radius 3 is 2.95 bits per heavy atom. The van der Waals surface area contributed by atoms with E-state index in [0.717, 1.165) is 12.0 Å². The van der Waals surface area contributed by atoms with Gasteiger partial charge < -0.3 is 10.0 Å². The molecule has 0 saturated heterocycles. The van der Waals surface area contributed by atoms with Crippen molar-refractivity contribution in [3.63, 3.8) is 0 Å². The van der Waals surface area contributed by atoms with E-state index in [4.69, 9.17) is 0 Å². The average Bonchev–Trinajstić information content (AvgIpc) is 2.86. The molecule has 1 aromatic carbocycles. The van der Waals surface area contributed by atoms with Crippen molar-refractivity contribution in [3.8, 4) is 5.75 Å². The number of amides is 1. The van der Waals surface area contributed by atoms with Gasteiger partial charge in [-0.15, -0.1) is 0 Å². The molecule has 1 amide bonds. The fraction of sp³-hybridized carbons (Fsp3) is 0.533. The average molecular weight is 279 g/mol. The maximum Gasteiger partial charge on any atom is 0.227 e. The highest BCUT2D eigenvalue weighted by atomic mass is 32.2. The number of nitrogens with zero attached hydrogens (tertiary/aromatic N) is 1. The summed E-state index contributed by atoms with van der Waals surface area (Å²) in [7, 11) is 1.91. The summed E-state index contributed by atoms with van der Waals surface area (Å²) < 4.78 is 0. The standard InChI is InChI=1S/C15H21NO2S/c1-16(13-7-4-8-14(13)19-2)15(18)10-11-5-3-6-12(17)9-11/h3,5-6,9,13-14,17H,4,7-8,10H2,1-2H3/t13-,14-/m0/s1. The van der Waals surface area contributed by atoms with Gasteiger partial charge in [0.2, 0.25) is 5.91 Å². The molecule has 0 spiro atoms. The first-order valence-electron chi connectivity index (χ1n) is 6.68. The van der Waals surface area contributed by atoms with E-state index in [0.29, 0.717) is 17.7 Å². The van der Waals surface area contributed by atoms with Gasteiger partial charge in [-0.1, -0.05) is 18.6 Å². The monoisotopic (exact) mass is 279 g/mol. The maximum atomic E-state index is 12.3. The largest absolute Gasteiger partial charge is 0.508 e. The Morgan fingerprint density at radius 2 is 2.26 bits per heavy atom. The van der Waals surface area contributed by atoms with Crippen LogP contribution in [0.3, 0.4) is 0 Å². The number of benzene rings is 1. The number of carbonyl (C=O) groups is 1. The van der Waals surface area contributed by atoms with E-state index in [1.54, 1.807) is 18.2 Å². The van der Waals surface area contributed by atoms with Crippen LogP contribution in [0.2, 0.25) is 0 Å². The molecular weight excluding hydrogens is 258 g/mol. The Bertz CT molecular complexity index is 450. The maximum absolute atomic E-state index is 12.3. The fourth-order valence-electron chi connectivity index (χ4n) is 2.78. The number of phenols is 1. The second-order valence-electron chi connectivity index (χ2n) is 5.12. The number of thioether (sulfide) groups is 1. The van der Waals surface area contributed by atoms with Crippen LogP contribution in [-0.2, 0) is 11.2 Å². The summed E-state index contributed by atoms with van der Waals surface area (Å²) >= 11 is 1.86. The molecule has 0 aliphatic heterocycles. The minimum absolute atomic E-state index is 0.136. The van der Waals surface area contributed by atoms with Crippen LogP contribution in [0.25, 0.3) is 0 Å². The Morgan fingerprint density at radius 1 is 1.47 bits per heavy atom. The summed E-state index contributed by atoms with van der Waals surface area (Å²) in [6.45, 7) is 0. The van der Waals surface area contributed by atoms with Gasteiger partial charge in [-0.2, -0.15) is 11.8 Å². The van der Waals surface area contributed by atoms with Gasteiger partial charge in [-0.25, -0.2) is 0 Å². The molecule has 3 nitrogen and oxygen atoms in total. The topological polar surface area (TPSA) is 40.5 Å². The molecule has 1 aliphatic rings. The third kappa shape index (κ3) is 3.44. The van der Waals surface area contributed by atoms with Crippen molar-refractivity contribution in [3.05, 3.63) is 29.8 Å². The van der Waals surface area contributed by atoms with Crippen LogP contribution in [0.4, 0.5) is 0 Å². The zero-order chi connectivity index (χ0) is 13.8. The first-order valence-corrected chi connectivity index (χ1v) is 7.97. The van der Waals surface area contributed by atoms with Crippen LogP contribution in [0.15, 0.2) is 24.3 Å². The molecule has 0 unspecified atom stereocenters. The number of aromatic hydroxyl groups is 1. The van der Waals surface area contributed by atoms with E-state index in [-0.39, 0.29) is 11.7 Å². The molecule has 104 valence electrons. The van der Waals surface area contributed by atoms with Gasteiger partial charge in [0.25, 0.3) is 0 Å². The summed E-state index contributed by atoms with van der Waals surface area (Å²) in [6.07, 6.45) is 6.00. The molecule has 19 heavy (non-hydrogen) atoms. The molecule has 2 atom stereocenters. The van der Waals surface area contributed by atoms with E-state index in [9.17, 15) is 9.90 Å². The summed E-state index contributed by atoms with van der Waals surface area (Å²) in [6, 6.07) is 7.30. The van der Waals surface area contributed by atoms with Crippen molar-refractivity contribution in [2.75, 3.05) is 13.3 Å². The van der Waals surface area contributed by atoms with Crippen molar-refractivity contribution in [1.82, 2.24) is 4.90 Å². The predicted octanol–water partition coefficient (Wildman–Crippen LogP) is 2.68. The Kier molecular flexibility index (Phi) is 4.75. The van der Waals surface area contributed by atoms with Gasteiger partial charge in [0.1, 0.15) is 5.75 Å². The molecule has 1 saturated carbocycles. The van der Waals surface area contributed by atoms with Gasteiger partial charge >= 0.3 is 0 Å². The van der Waals surface area contributed by atoms with Crippen molar-refractivity contribution < 1.29 is 9.90 Å². The van der Waals surface area contributed by atoms with E-state index in [2.05, 4.69) is 6.26 Å². The second-order valence-corrected chi connectivity index (χ2v) is 6.20. The minimum atomic E-state index is 0.136. The molecular formula is C15H21NO2S. The summed E-state index contributed by atoms with van der Waals surface area (Å²) in [5.74, 6) is 0.354. The van der Waals surface area contributed by atoms with Gasteiger partial charge in [-0.3, -0.25) is 4.79 Å². The van der Waals surface area contributed by atoms with Crippen molar-refractivity contribution in [2.45, 2.75) is 37.0 Å². The van der Waals surface area contributed by atoms with Crippen LogP contribution < -0.4 is 0 Å². The highest BCUT2D eigenvalue weighted by Gasteiger charge is 2.31. The molecule has 1 N–H and O–H groups in total. The Labute approximate surface area is 119 Å². The lowest BCUT2D eigenvalue weighted by atomic mass is 10.1. The van der Waals surface area contributed by atoms with Crippen LogP contribution in [0, 0.1) is 0 Å². The molecule has 1 aliphatic carbocycles. The third-order valence-electron chi connectivity index (χ3n) is 3.88. The zero-order valence-electron chi connectivity index (χ0n) is 11.5. The fourth-order valence-corrected chi connectivity index (χ4v) is 3.81. The smallest absolute Gasteiger partial charge is 0.227 e. The number of likely N-dealkylation sites (N-methyl/N-ethyl adjacent to an activating group) is 1. The number of hydrogen-bond acceptors (Lipinski definition) is 3. The molecule has 0 aromatic heterocycles. The molecule has 2 rings (SSSR count). The first-order chi connectivity index (χ1) is 9.11. The predicted molar refractivity (Wildman–Crippen MR) is 79.5 cm³/mol. The molecule has 4 heteroatoms. The Hall–Kier alpha value is -1.16. The summed E-state index contributed by atoms with van der Waals surface area (Å²) in [5.41, 5.74) is 0.871. The van der Waals surface area contributed by atoms with Gasteiger partial charge in [0.15, 0.2) is 0 Å². The minimum Gasteiger partial charge on any atom is -0.508 e. The van der Waals surface area contributed by atoms with Gasteiger partial charge in [0, 0.05) is 18.3 Å². The highest BCUT2D eigenvalue weighted by Crippen LogP contribution is 2.31. The molecule has 1 fully saturated rings. The number of phenolic OH excluding ortho intramolecular Hbond substituents is 1. The SMILES string of the molecule is CS[C@H]1CCC[C@@H]1N(C)C(=O)Cc1cccc(O)c1. The lowest BCUT2D eigenvalue weighted by Gasteiger charge is -2.29. The number of hydrogen-bond donors (Lipinski definition) is 1. The van der Waals surface area contributed by atoms with Crippen LogP contribution in [0.1, 0.15) is 24.8 Å². The van der Waals surface area contributed by atoms with Crippen LogP contribution in [0.5, 0.6) is 5.75 Å². The van der Waals surface area contributed by atoms with Crippen LogP contribution >= 0.6 is 11.8 Å². The van der Waals surface area contributed by atoms with Crippen molar-refractivity contribution in [1.29, 1.82) is 0 Å². The molecule has 0 heterocycles. The van der Waals surface area contributed by atoms with E-state index in [1.165, 1.54) is 12.8 Å². The van der Waals surface area contributed by atoms with E-state index >= 15 is 0 Å². The van der Waals surface area contributed by atoms with E-state index in [1.807, 2.05) is 29.8 Å². The van der Waals surface area contributed by atoms with Gasteiger partial charge in [-0.05, 0) is 36.8 Å². The van der Waals surface area contributed by atoms with Gasteiger partial charge in [0.05, 0.1) is 6.42 Å². The second kappa shape index (κ2) is 6.33. The third-order valence-corrected chi connectivity index (χ3v) is 5.03. The molecule has 0 bridgehead atoms. The summed E-state index contributed by atoms with van der Waals surface area (Å²) in [4.78, 5) is 14.2. The molecule has 1 aromatic rings. The van der Waals surface area contributed by atoms with Crippen molar-refractivity contribution in [2.24, 2.45) is 0 Å². The van der Waals surface area contributed by atoms with E-state index < -0.39 is 0 Å². The van der Waals surface area contributed by atoms with Crippen LogP contribution in [-0.4, -0.2) is 40.5 Å². The number of rotatable bonds is 4. The first kappa shape index (κ1) is 14.3. The normalized spacial score (nSPS) is 22.4. The van der Waals surface area contributed by atoms with Crippen molar-refractivity contribution >= 4 is 17.7 Å². The Balaban J connectivity index is 1.99. The lowest BCUT2D eigenvalue weighted by molar-refractivity contribution is -0.131. The lowest BCUT2D eigenvalue weighted by Crippen LogP contribution is -2.41. The molecule has 0 radical (unpaired) electrons. The number of carbonyl (C=O) groups excluding carboxylic acids is 1. The highest BCUT2D eigenvalue weighted by molar-refractivity contribution is 7.99. The quantitative estimate of drug-likeness (QED) is 0.921. The zero-order valence-corrected chi connectivity index (χ0v) is 12.3. The summed E-state index contributed by atoms with van der Waals surface area (Å²) in [5, 5.41) is 10.00.